The highest BCUT2D eigenvalue weighted by molar-refractivity contribution is 7.14. The summed E-state index contributed by atoms with van der Waals surface area (Å²) in [5.41, 5.74) is 1.78. The number of carbonyl (C=O) groups is 2. The Kier molecular flexibility index (Phi) is 3.81. The average molecular weight is 354 g/mol. The van der Waals surface area contributed by atoms with Crippen molar-refractivity contribution in [3.8, 4) is 11.5 Å². The maximum absolute atomic E-state index is 12.3. The lowest BCUT2D eigenvalue weighted by atomic mass is 10.1. The van der Waals surface area contributed by atoms with E-state index in [0.29, 0.717) is 28.7 Å². The van der Waals surface area contributed by atoms with Gasteiger partial charge in [-0.2, -0.15) is 5.10 Å². The maximum atomic E-state index is 12.3. The first kappa shape index (κ1) is 15.5. The van der Waals surface area contributed by atoms with Crippen LogP contribution < -0.4 is 5.32 Å². The van der Waals surface area contributed by atoms with Gasteiger partial charge in [0.25, 0.3) is 5.91 Å². The molecule has 25 heavy (non-hydrogen) atoms. The topological polar surface area (TPSA) is 87.8 Å². The van der Waals surface area contributed by atoms with Crippen LogP contribution in [0.3, 0.4) is 0 Å². The summed E-state index contributed by atoms with van der Waals surface area (Å²) in [5.74, 6) is 0.209. The molecule has 2 aromatic heterocycles. The Balaban J connectivity index is 1.52. The van der Waals surface area contributed by atoms with E-state index in [4.69, 9.17) is 4.42 Å². The van der Waals surface area contributed by atoms with Crippen LogP contribution in [0.25, 0.3) is 22.4 Å². The first-order valence-corrected chi connectivity index (χ1v) is 8.58. The standard InChI is InChI=1S/C17H14N4O3S/c1-21-15(22)7-6-11(20-21)16(23)19-17-18-12(9-25-17)14-8-10-4-2-3-5-13(10)24-14/h2-5,8-9H,6-7H2,1H3,(H,18,19,23). The second-order valence-corrected chi connectivity index (χ2v) is 6.46. The first-order chi connectivity index (χ1) is 12.1. The van der Waals surface area contributed by atoms with Gasteiger partial charge in [-0.1, -0.05) is 18.2 Å². The molecular weight excluding hydrogens is 340 g/mol. The Morgan fingerprint density at radius 2 is 2.16 bits per heavy atom. The molecule has 4 rings (SSSR count). The third-order valence-corrected chi connectivity index (χ3v) is 4.63. The number of para-hydroxylation sites is 1. The summed E-state index contributed by atoms with van der Waals surface area (Å²) in [5, 5.41) is 11.2. The van der Waals surface area contributed by atoms with Crippen molar-refractivity contribution in [2.75, 3.05) is 12.4 Å². The number of anilines is 1. The summed E-state index contributed by atoms with van der Waals surface area (Å²) >= 11 is 1.31. The Morgan fingerprint density at radius 1 is 1.32 bits per heavy atom. The molecule has 0 radical (unpaired) electrons. The normalized spacial score (nSPS) is 14.7. The van der Waals surface area contributed by atoms with E-state index in [1.807, 2.05) is 35.7 Å². The molecule has 0 saturated carbocycles. The number of hydrogen-bond donors (Lipinski definition) is 1. The van der Waals surface area contributed by atoms with Gasteiger partial charge in [0.05, 0.1) is 0 Å². The van der Waals surface area contributed by atoms with E-state index in [1.165, 1.54) is 23.4 Å². The van der Waals surface area contributed by atoms with Gasteiger partial charge in [-0.3, -0.25) is 14.9 Å². The molecule has 0 bridgehead atoms. The van der Waals surface area contributed by atoms with Crippen LogP contribution >= 0.6 is 11.3 Å². The van der Waals surface area contributed by atoms with Crippen molar-refractivity contribution in [3.63, 3.8) is 0 Å². The molecule has 3 aromatic rings. The average Bonchev–Trinajstić information content (AvgIpc) is 3.23. The summed E-state index contributed by atoms with van der Waals surface area (Å²) < 4.78 is 5.78. The molecule has 0 unspecified atom stereocenters. The number of nitrogens with one attached hydrogen (secondary N) is 1. The number of carbonyl (C=O) groups excluding carboxylic acids is 2. The third-order valence-electron chi connectivity index (χ3n) is 3.87. The zero-order valence-electron chi connectivity index (χ0n) is 13.4. The molecule has 1 N–H and O–H groups in total. The number of benzene rings is 1. The highest BCUT2D eigenvalue weighted by Crippen LogP contribution is 2.30. The van der Waals surface area contributed by atoms with Crippen LogP contribution in [0.4, 0.5) is 5.13 Å². The maximum Gasteiger partial charge on any atom is 0.273 e. The Bertz CT molecular complexity index is 971. The van der Waals surface area contributed by atoms with Crippen LogP contribution in [0.2, 0.25) is 0 Å². The minimum Gasteiger partial charge on any atom is -0.454 e. The van der Waals surface area contributed by atoms with Gasteiger partial charge in [0, 0.05) is 30.7 Å². The van der Waals surface area contributed by atoms with Crippen LogP contribution in [0.5, 0.6) is 0 Å². The fraction of sp³-hybridized carbons (Fsp3) is 0.176. The molecule has 7 nitrogen and oxygen atoms in total. The number of hydrogen-bond acceptors (Lipinski definition) is 6. The van der Waals surface area contributed by atoms with Gasteiger partial charge in [-0.25, -0.2) is 9.99 Å². The zero-order valence-corrected chi connectivity index (χ0v) is 14.2. The van der Waals surface area contributed by atoms with E-state index in [9.17, 15) is 9.59 Å². The number of furan rings is 1. The van der Waals surface area contributed by atoms with Crippen LogP contribution in [0.15, 0.2) is 45.2 Å². The molecule has 0 atom stereocenters. The fourth-order valence-corrected chi connectivity index (χ4v) is 3.25. The molecule has 1 aliphatic heterocycles. The van der Waals surface area contributed by atoms with Crippen molar-refractivity contribution in [1.82, 2.24) is 9.99 Å². The number of fused-ring (bicyclic) bond motifs is 1. The third kappa shape index (κ3) is 3.03. The lowest BCUT2D eigenvalue weighted by Crippen LogP contribution is -2.34. The fourth-order valence-electron chi connectivity index (χ4n) is 2.55. The number of aromatic nitrogens is 1. The number of thiazole rings is 1. The van der Waals surface area contributed by atoms with Gasteiger partial charge >= 0.3 is 0 Å². The zero-order chi connectivity index (χ0) is 17.4. The van der Waals surface area contributed by atoms with Crippen molar-refractivity contribution in [3.05, 3.63) is 35.7 Å². The molecule has 3 heterocycles. The lowest BCUT2D eigenvalue weighted by Gasteiger charge is -2.18. The Labute approximate surface area is 147 Å². The minimum absolute atomic E-state index is 0.0991. The van der Waals surface area contributed by atoms with E-state index in [-0.39, 0.29) is 18.2 Å². The highest BCUT2D eigenvalue weighted by Gasteiger charge is 2.22. The second kappa shape index (κ2) is 6.14. The largest absolute Gasteiger partial charge is 0.454 e. The van der Waals surface area contributed by atoms with Crippen LogP contribution in [-0.4, -0.2) is 34.6 Å². The van der Waals surface area contributed by atoms with E-state index in [2.05, 4.69) is 15.4 Å². The molecule has 1 aliphatic rings. The van der Waals surface area contributed by atoms with Crippen molar-refractivity contribution < 1.29 is 14.0 Å². The molecule has 0 aliphatic carbocycles. The second-order valence-electron chi connectivity index (χ2n) is 5.60. The number of amides is 2. The lowest BCUT2D eigenvalue weighted by molar-refractivity contribution is -0.130. The predicted molar refractivity (Wildman–Crippen MR) is 95.4 cm³/mol. The molecular formula is C17H14N4O3S. The van der Waals surface area contributed by atoms with Gasteiger partial charge in [-0.15, -0.1) is 11.3 Å². The minimum atomic E-state index is -0.343. The molecule has 0 fully saturated rings. The number of nitrogens with zero attached hydrogens (tertiary/aromatic N) is 3. The summed E-state index contributed by atoms with van der Waals surface area (Å²) in [4.78, 5) is 28.1. The van der Waals surface area contributed by atoms with E-state index in [1.54, 1.807) is 0 Å². The SMILES string of the molecule is CN1N=C(C(=O)Nc2nc(-c3cc4ccccc4o3)cs2)CCC1=O. The Morgan fingerprint density at radius 3 is 2.96 bits per heavy atom. The van der Waals surface area contributed by atoms with E-state index >= 15 is 0 Å². The quantitative estimate of drug-likeness (QED) is 0.783. The molecule has 0 spiro atoms. The molecule has 0 saturated heterocycles. The molecule has 2 amide bonds. The van der Waals surface area contributed by atoms with Crippen LogP contribution in [0, 0.1) is 0 Å². The summed E-state index contributed by atoms with van der Waals surface area (Å²) in [6.07, 6.45) is 0.613. The predicted octanol–water partition coefficient (Wildman–Crippen LogP) is 3.10. The molecule has 126 valence electrons. The number of hydrazone groups is 1. The molecule has 8 heteroatoms. The first-order valence-electron chi connectivity index (χ1n) is 7.70. The van der Waals surface area contributed by atoms with Gasteiger partial charge in [-0.05, 0) is 12.1 Å². The van der Waals surface area contributed by atoms with E-state index in [0.717, 1.165) is 11.0 Å². The van der Waals surface area contributed by atoms with Gasteiger partial charge in [0.2, 0.25) is 5.91 Å². The number of rotatable bonds is 3. The van der Waals surface area contributed by atoms with Gasteiger partial charge in [0.15, 0.2) is 10.9 Å². The summed E-state index contributed by atoms with van der Waals surface area (Å²) in [7, 11) is 1.54. The van der Waals surface area contributed by atoms with Crippen LogP contribution in [0.1, 0.15) is 12.8 Å². The van der Waals surface area contributed by atoms with Crippen molar-refractivity contribution in [2.45, 2.75) is 12.8 Å². The highest BCUT2D eigenvalue weighted by atomic mass is 32.1. The summed E-state index contributed by atoms with van der Waals surface area (Å²) in [6.45, 7) is 0. The van der Waals surface area contributed by atoms with Gasteiger partial charge in [0.1, 0.15) is 17.0 Å². The smallest absolute Gasteiger partial charge is 0.273 e. The monoisotopic (exact) mass is 354 g/mol. The van der Waals surface area contributed by atoms with Crippen molar-refractivity contribution in [1.29, 1.82) is 0 Å². The Hall–Kier alpha value is -3.00. The molecule has 1 aromatic carbocycles. The summed E-state index contributed by atoms with van der Waals surface area (Å²) in [6, 6.07) is 9.64. The van der Waals surface area contributed by atoms with Gasteiger partial charge < -0.3 is 4.42 Å². The van der Waals surface area contributed by atoms with E-state index < -0.39 is 0 Å². The van der Waals surface area contributed by atoms with Crippen molar-refractivity contribution >= 4 is 45.0 Å². The van der Waals surface area contributed by atoms with Crippen molar-refractivity contribution in [2.24, 2.45) is 5.10 Å². The van der Waals surface area contributed by atoms with Crippen LogP contribution in [-0.2, 0) is 9.59 Å².